The van der Waals surface area contributed by atoms with Gasteiger partial charge in [0.05, 0.1) is 15.9 Å². The van der Waals surface area contributed by atoms with Gasteiger partial charge in [-0.3, -0.25) is 0 Å². The molecular weight excluding hydrogens is 544 g/mol. The normalized spacial score (nSPS) is 16.5. The molecule has 4 rings (SSSR count). The van der Waals surface area contributed by atoms with Gasteiger partial charge in [-0.25, -0.2) is 21.8 Å². The summed E-state index contributed by atoms with van der Waals surface area (Å²) in [4.78, 5) is 4.99. The molecule has 0 bridgehead atoms. The monoisotopic (exact) mass is 572 g/mol. The van der Waals surface area contributed by atoms with Gasteiger partial charge in [0, 0.05) is 22.7 Å². The summed E-state index contributed by atoms with van der Waals surface area (Å²) in [7, 11) is -7.41. The molecular formula is C23H29BrN2O4S3. The van der Waals surface area contributed by atoms with Crippen molar-refractivity contribution < 1.29 is 16.8 Å². The van der Waals surface area contributed by atoms with Crippen LogP contribution >= 0.6 is 27.3 Å². The van der Waals surface area contributed by atoms with Crippen molar-refractivity contribution in [2.75, 3.05) is 6.26 Å². The Morgan fingerprint density at radius 3 is 2.33 bits per heavy atom. The highest BCUT2D eigenvalue weighted by Crippen LogP contribution is 2.39. The number of halogens is 1. The lowest BCUT2D eigenvalue weighted by Gasteiger charge is -2.26. The summed E-state index contributed by atoms with van der Waals surface area (Å²) < 4.78 is 53.1. The lowest BCUT2D eigenvalue weighted by atomic mass is 9.88. The van der Waals surface area contributed by atoms with Gasteiger partial charge in [0.2, 0.25) is 9.84 Å². The van der Waals surface area contributed by atoms with Crippen molar-refractivity contribution >= 4 is 58.0 Å². The largest absolute Gasteiger partial charge is 0.327 e. The Labute approximate surface area is 208 Å². The first kappa shape index (κ1) is 24.9. The number of benzene rings is 1. The topological polar surface area (TPSA) is 86.1 Å². The van der Waals surface area contributed by atoms with E-state index in [1.165, 1.54) is 38.2 Å². The van der Waals surface area contributed by atoms with Crippen LogP contribution in [0.5, 0.6) is 0 Å². The Bertz CT molecular complexity index is 1410. The van der Waals surface area contributed by atoms with E-state index in [0.717, 1.165) is 35.5 Å². The fourth-order valence-electron chi connectivity index (χ4n) is 4.47. The number of rotatable bonds is 5. The minimum atomic E-state index is -3.91. The van der Waals surface area contributed by atoms with Gasteiger partial charge >= 0.3 is 0 Å². The van der Waals surface area contributed by atoms with E-state index >= 15 is 0 Å². The predicted molar refractivity (Wildman–Crippen MR) is 136 cm³/mol. The van der Waals surface area contributed by atoms with Crippen molar-refractivity contribution in [3.8, 4) is 0 Å². The quantitative estimate of drug-likeness (QED) is 0.375. The van der Waals surface area contributed by atoms with Crippen LogP contribution < -0.4 is 0 Å². The second-order valence-electron chi connectivity index (χ2n) is 9.93. The predicted octanol–water partition coefficient (Wildman–Crippen LogP) is 5.97. The SMILES string of the molecule is CC(C)(C)c1nc2cc(S(=O)(=O)c3sc(S(C)(=O)=O)cc3Br)ccc2n1CC1CCCCC1. The third kappa shape index (κ3) is 4.94. The van der Waals surface area contributed by atoms with Crippen LogP contribution in [0.1, 0.15) is 58.7 Å². The summed E-state index contributed by atoms with van der Waals surface area (Å²) in [5.74, 6) is 1.56. The fourth-order valence-corrected chi connectivity index (χ4v) is 9.78. The lowest BCUT2D eigenvalue weighted by molar-refractivity contribution is 0.313. The van der Waals surface area contributed by atoms with E-state index in [1.54, 1.807) is 12.1 Å². The maximum absolute atomic E-state index is 13.4. The van der Waals surface area contributed by atoms with E-state index in [9.17, 15) is 16.8 Å². The summed E-state index contributed by atoms with van der Waals surface area (Å²) in [5.41, 5.74) is 1.40. The summed E-state index contributed by atoms with van der Waals surface area (Å²) in [5, 5.41) is 0. The number of imidazole rings is 1. The number of hydrogen-bond donors (Lipinski definition) is 0. The molecule has 0 unspecified atom stereocenters. The third-order valence-corrected chi connectivity index (χ3v) is 12.5. The van der Waals surface area contributed by atoms with Gasteiger partial charge in [0.1, 0.15) is 14.2 Å². The molecule has 0 aliphatic heterocycles. The molecule has 1 aliphatic rings. The molecule has 1 saturated carbocycles. The van der Waals surface area contributed by atoms with E-state index in [1.807, 2.05) is 6.07 Å². The Morgan fingerprint density at radius 1 is 1.09 bits per heavy atom. The zero-order chi connectivity index (χ0) is 24.2. The minimum Gasteiger partial charge on any atom is -0.327 e. The van der Waals surface area contributed by atoms with Crippen LogP contribution in [0.25, 0.3) is 11.0 Å². The molecule has 0 radical (unpaired) electrons. The van der Waals surface area contributed by atoms with Gasteiger partial charge in [0.15, 0.2) is 9.84 Å². The van der Waals surface area contributed by atoms with Crippen LogP contribution in [-0.2, 0) is 31.6 Å². The van der Waals surface area contributed by atoms with Crippen LogP contribution in [0.4, 0.5) is 0 Å². The van der Waals surface area contributed by atoms with Crippen molar-refractivity contribution in [3.63, 3.8) is 0 Å². The second-order valence-corrected chi connectivity index (χ2v) is 16.2. The number of thiophene rings is 1. The van der Waals surface area contributed by atoms with E-state index < -0.39 is 19.7 Å². The van der Waals surface area contributed by atoms with Gasteiger partial charge in [0.25, 0.3) is 0 Å². The lowest BCUT2D eigenvalue weighted by Crippen LogP contribution is -2.22. The maximum atomic E-state index is 13.4. The van der Waals surface area contributed by atoms with Crippen LogP contribution in [0, 0.1) is 5.92 Å². The van der Waals surface area contributed by atoms with Crippen LogP contribution in [0.3, 0.4) is 0 Å². The molecule has 33 heavy (non-hydrogen) atoms. The molecule has 0 spiro atoms. The summed E-state index contributed by atoms with van der Waals surface area (Å²) in [6, 6.07) is 6.41. The average Bonchev–Trinajstić information content (AvgIpc) is 3.30. The zero-order valence-electron chi connectivity index (χ0n) is 19.3. The maximum Gasteiger partial charge on any atom is 0.217 e. The zero-order valence-corrected chi connectivity index (χ0v) is 23.3. The molecule has 10 heteroatoms. The van der Waals surface area contributed by atoms with Gasteiger partial charge in [-0.15, -0.1) is 11.3 Å². The summed E-state index contributed by atoms with van der Waals surface area (Å²) >= 11 is 4.00. The molecule has 2 heterocycles. The summed E-state index contributed by atoms with van der Waals surface area (Å²) in [6.45, 7) is 7.26. The number of fused-ring (bicyclic) bond motifs is 1. The van der Waals surface area contributed by atoms with Crippen LogP contribution in [0.15, 0.2) is 42.1 Å². The third-order valence-electron chi connectivity index (χ3n) is 6.11. The van der Waals surface area contributed by atoms with Crippen molar-refractivity contribution in [2.45, 2.75) is 78.1 Å². The first-order valence-electron chi connectivity index (χ1n) is 11.0. The fraction of sp³-hybridized carbons (Fsp3) is 0.522. The van der Waals surface area contributed by atoms with Crippen LogP contribution in [-0.4, -0.2) is 32.6 Å². The molecule has 2 aromatic heterocycles. The first-order chi connectivity index (χ1) is 15.3. The molecule has 1 fully saturated rings. The minimum absolute atomic E-state index is 0.0139. The molecule has 0 N–H and O–H groups in total. The highest BCUT2D eigenvalue weighted by molar-refractivity contribution is 9.10. The Hall–Kier alpha value is -1.23. The molecule has 180 valence electrons. The van der Waals surface area contributed by atoms with E-state index in [0.29, 0.717) is 11.4 Å². The summed E-state index contributed by atoms with van der Waals surface area (Å²) in [6.07, 6.45) is 7.32. The first-order valence-corrected chi connectivity index (χ1v) is 16.0. The highest BCUT2D eigenvalue weighted by Gasteiger charge is 2.29. The van der Waals surface area contributed by atoms with Gasteiger partial charge in [-0.05, 0) is 59.0 Å². The Balaban J connectivity index is 1.80. The van der Waals surface area contributed by atoms with Crippen molar-refractivity contribution in [1.82, 2.24) is 9.55 Å². The average molecular weight is 574 g/mol. The Morgan fingerprint density at radius 2 is 1.76 bits per heavy atom. The van der Waals surface area contributed by atoms with Crippen molar-refractivity contribution in [2.24, 2.45) is 5.92 Å². The molecule has 0 amide bonds. The number of nitrogens with zero attached hydrogens (tertiary/aromatic N) is 2. The van der Waals surface area contributed by atoms with E-state index in [4.69, 9.17) is 4.98 Å². The molecule has 0 saturated heterocycles. The molecule has 6 nitrogen and oxygen atoms in total. The number of aromatic nitrogens is 2. The smallest absolute Gasteiger partial charge is 0.217 e. The van der Waals surface area contributed by atoms with Gasteiger partial charge in [-0.1, -0.05) is 40.0 Å². The number of hydrogen-bond acceptors (Lipinski definition) is 6. The Kier molecular flexibility index (Phi) is 6.61. The molecule has 1 aliphatic carbocycles. The van der Waals surface area contributed by atoms with E-state index in [2.05, 4.69) is 41.3 Å². The highest BCUT2D eigenvalue weighted by atomic mass is 79.9. The number of sulfone groups is 2. The van der Waals surface area contributed by atoms with Gasteiger partial charge in [-0.2, -0.15) is 0 Å². The van der Waals surface area contributed by atoms with E-state index in [-0.39, 0.29) is 23.2 Å². The van der Waals surface area contributed by atoms with Crippen molar-refractivity contribution in [3.05, 3.63) is 34.6 Å². The molecule has 1 aromatic carbocycles. The van der Waals surface area contributed by atoms with Gasteiger partial charge < -0.3 is 4.57 Å². The second kappa shape index (κ2) is 8.77. The standard InChI is InChI=1S/C23H29BrN2O4S3/c1-23(2,3)22-25-18-12-16(10-11-19(18)26(22)14-15-8-6-5-7-9-15)33(29,30)21-17(24)13-20(31-21)32(4,27)28/h10-13,15H,5-9,14H2,1-4H3. The molecule has 3 aromatic rings. The van der Waals surface area contributed by atoms with Crippen molar-refractivity contribution in [1.29, 1.82) is 0 Å². The van der Waals surface area contributed by atoms with Crippen LogP contribution in [0.2, 0.25) is 0 Å². The molecule has 0 atom stereocenters.